The lowest BCUT2D eigenvalue weighted by atomic mass is 10.0. The summed E-state index contributed by atoms with van der Waals surface area (Å²) in [6, 6.07) is 23.6. The molecule has 5 heterocycles. The molecular weight excluding hydrogens is 783 g/mol. The zero-order valence-electron chi connectivity index (χ0n) is 33.6. The van der Waals surface area contributed by atoms with Gasteiger partial charge in [-0.05, 0) is 92.9 Å². The number of piperazine rings is 1. The number of anilines is 4. The van der Waals surface area contributed by atoms with Crippen LogP contribution in [0.5, 0.6) is 5.75 Å². The number of aromatic nitrogens is 3. The van der Waals surface area contributed by atoms with Crippen LogP contribution in [0.25, 0.3) is 16.8 Å². The predicted molar refractivity (Wildman–Crippen MR) is 231 cm³/mol. The highest BCUT2D eigenvalue weighted by Crippen LogP contribution is 2.34. The zero-order chi connectivity index (χ0) is 41.8. The highest BCUT2D eigenvalue weighted by atomic mass is 32.2. The molecule has 312 valence electrons. The van der Waals surface area contributed by atoms with E-state index in [1.807, 2.05) is 30.3 Å². The normalized spacial score (nSPS) is 17.2. The van der Waals surface area contributed by atoms with Crippen LogP contribution in [-0.2, 0) is 14.8 Å². The molecule has 15 nitrogen and oxygen atoms in total. The molecule has 60 heavy (non-hydrogen) atoms. The summed E-state index contributed by atoms with van der Waals surface area (Å²) in [5.74, 6) is -0.482. The van der Waals surface area contributed by atoms with Crippen molar-refractivity contribution < 1.29 is 27.5 Å². The summed E-state index contributed by atoms with van der Waals surface area (Å²) in [6.45, 7) is 9.24. The second kappa shape index (κ2) is 17.5. The smallest absolute Gasteiger partial charge is 0.266 e. The Labute approximate surface area is 349 Å². The maximum absolute atomic E-state index is 13.3. The van der Waals surface area contributed by atoms with Crippen LogP contribution >= 0.6 is 0 Å². The van der Waals surface area contributed by atoms with E-state index in [2.05, 4.69) is 48.9 Å². The summed E-state index contributed by atoms with van der Waals surface area (Å²) in [5.41, 5.74) is 6.09. The fourth-order valence-electron chi connectivity index (χ4n) is 8.08. The van der Waals surface area contributed by atoms with Gasteiger partial charge in [-0.2, -0.15) is 0 Å². The number of amides is 3. The molecule has 16 heteroatoms. The van der Waals surface area contributed by atoms with Gasteiger partial charge in [-0.25, -0.2) is 17.9 Å². The van der Waals surface area contributed by atoms with Gasteiger partial charge in [-0.15, -0.1) is 5.10 Å². The molecule has 5 aromatic rings. The molecule has 0 spiro atoms. The number of ether oxygens (including phenoxy) is 1. The van der Waals surface area contributed by atoms with Gasteiger partial charge in [0, 0.05) is 54.5 Å². The van der Waals surface area contributed by atoms with Gasteiger partial charge >= 0.3 is 0 Å². The molecule has 1 atom stereocenters. The number of hydrogen-bond acceptors (Lipinski definition) is 11. The Morgan fingerprint density at radius 1 is 0.867 bits per heavy atom. The van der Waals surface area contributed by atoms with E-state index < -0.39 is 27.9 Å². The molecule has 0 aliphatic carbocycles. The summed E-state index contributed by atoms with van der Waals surface area (Å²) in [7, 11) is -3.40. The number of benzene rings is 3. The monoisotopic (exact) mass is 831 g/mol. The molecule has 2 saturated heterocycles. The summed E-state index contributed by atoms with van der Waals surface area (Å²) < 4.78 is 33.8. The highest BCUT2D eigenvalue weighted by Gasteiger charge is 2.45. The molecule has 0 radical (unpaired) electrons. The van der Waals surface area contributed by atoms with E-state index in [1.54, 1.807) is 47.1 Å². The Balaban J connectivity index is 0.740. The first-order valence-electron chi connectivity index (χ1n) is 20.4. The minimum absolute atomic E-state index is 0.245. The van der Waals surface area contributed by atoms with Gasteiger partial charge in [0.1, 0.15) is 11.8 Å². The number of rotatable bonds is 16. The minimum atomic E-state index is -3.40. The van der Waals surface area contributed by atoms with Crippen molar-refractivity contribution in [3.05, 3.63) is 108 Å². The molecule has 0 saturated carbocycles. The van der Waals surface area contributed by atoms with E-state index >= 15 is 0 Å². The van der Waals surface area contributed by atoms with Gasteiger partial charge in [-0.3, -0.25) is 28.9 Å². The molecule has 3 aromatic carbocycles. The molecule has 3 aliphatic rings. The van der Waals surface area contributed by atoms with Gasteiger partial charge in [0.05, 0.1) is 41.4 Å². The SMILES string of the molecule is C=C1CCC(N2C(=O)c3cccc(OCCCCCCCN4CCN(c5ccc(Nc6ncc7ccc(-c8cccc(NS(C)(=O)=O)c8)n7n6)cc5)CC4)c3C2=O)C(=O)N1. The van der Waals surface area contributed by atoms with Gasteiger partial charge < -0.3 is 20.3 Å². The van der Waals surface area contributed by atoms with Crippen LogP contribution in [0.15, 0.2) is 97.3 Å². The average molecular weight is 832 g/mol. The number of nitrogens with zero attached hydrogens (tertiary/aromatic N) is 6. The number of sulfonamides is 1. The van der Waals surface area contributed by atoms with Crippen LogP contribution < -0.4 is 25.0 Å². The van der Waals surface area contributed by atoms with Gasteiger partial charge in [0.25, 0.3) is 11.8 Å². The Morgan fingerprint density at radius 2 is 1.63 bits per heavy atom. The third kappa shape index (κ3) is 9.14. The number of carbonyl (C=O) groups is 3. The summed E-state index contributed by atoms with van der Waals surface area (Å²) in [5, 5.41) is 10.7. The van der Waals surface area contributed by atoms with Crippen molar-refractivity contribution in [3.63, 3.8) is 0 Å². The average Bonchev–Trinajstić information content (AvgIpc) is 3.76. The highest BCUT2D eigenvalue weighted by molar-refractivity contribution is 7.92. The Kier molecular flexibility index (Phi) is 11.8. The number of piperidine rings is 1. The molecular formula is C44H49N9O6S. The van der Waals surface area contributed by atoms with Crippen LogP contribution in [0.3, 0.4) is 0 Å². The summed E-state index contributed by atoms with van der Waals surface area (Å²) >= 11 is 0. The molecule has 1 unspecified atom stereocenters. The number of nitrogens with one attached hydrogen (secondary N) is 3. The van der Waals surface area contributed by atoms with Crippen molar-refractivity contribution in [1.82, 2.24) is 29.7 Å². The van der Waals surface area contributed by atoms with E-state index in [1.165, 1.54) is 5.69 Å². The summed E-state index contributed by atoms with van der Waals surface area (Å²) in [6.07, 6.45) is 8.96. The second-order valence-electron chi connectivity index (χ2n) is 15.5. The maximum atomic E-state index is 13.3. The molecule has 3 aliphatic heterocycles. The lowest BCUT2D eigenvalue weighted by Crippen LogP contribution is -2.51. The molecule has 2 aromatic heterocycles. The fourth-order valence-corrected chi connectivity index (χ4v) is 8.64. The Hall–Kier alpha value is -6.26. The second-order valence-corrected chi connectivity index (χ2v) is 17.3. The number of unbranched alkanes of at least 4 members (excludes halogenated alkanes) is 4. The van der Waals surface area contributed by atoms with Crippen molar-refractivity contribution in [2.75, 3.05) is 60.5 Å². The van der Waals surface area contributed by atoms with Crippen molar-refractivity contribution in [1.29, 1.82) is 0 Å². The third-order valence-corrected chi connectivity index (χ3v) is 11.7. The van der Waals surface area contributed by atoms with Crippen molar-refractivity contribution in [2.45, 2.75) is 51.0 Å². The Bertz CT molecular complexity index is 2530. The topological polar surface area (TPSA) is 171 Å². The van der Waals surface area contributed by atoms with E-state index in [-0.39, 0.29) is 17.0 Å². The number of carbonyl (C=O) groups excluding carboxylic acids is 3. The van der Waals surface area contributed by atoms with Crippen LogP contribution in [-0.4, -0.2) is 102 Å². The number of hydrogen-bond donors (Lipinski definition) is 3. The first-order valence-corrected chi connectivity index (χ1v) is 22.3. The fraction of sp³-hybridized carbons (Fsp3) is 0.341. The lowest BCUT2D eigenvalue weighted by molar-refractivity contribution is -0.125. The number of fused-ring (bicyclic) bond motifs is 2. The lowest BCUT2D eigenvalue weighted by Gasteiger charge is -2.36. The van der Waals surface area contributed by atoms with E-state index in [4.69, 9.17) is 9.84 Å². The van der Waals surface area contributed by atoms with E-state index in [9.17, 15) is 22.8 Å². The van der Waals surface area contributed by atoms with E-state index in [0.717, 1.165) is 98.4 Å². The summed E-state index contributed by atoms with van der Waals surface area (Å²) in [4.78, 5) is 49.5. The molecule has 2 fully saturated rings. The standard InChI is InChI=1S/C44H49N9O6S/c1-30-14-20-38(41(54)46-30)52-42(55)36-12-9-13-39(40(36)43(52)56)59-27-7-5-3-4-6-22-50-23-25-51(26-24-50)34-17-15-32(16-18-34)47-44-45-29-35-19-21-37(53(35)48-44)31-10-8-11-33(28-31)49-60(2,57)58/h8-13,15-19,21,28-29,38,49H,1,3-7,14,20,22-27H2,2H3,(H,46,54)(H,47,48). The predicted octanol–water partition coefficient (Wildman–Crippen LogP) is 6.05. The maximum Gasteiger partial charge on any atom is 0.266 e. The Morgan fingerprint density at radius 3 is 2.42 bits per heavy atom. The van der Waals surface area contributed by atoms with Crippen molar-refractivity contribution in [3.8, 4) is 17.0 Å². The zero-order valence-corrected chi connectivity index (χ0v) is 34.4. The van der Waals surface area contributed by atoms with Gasteiger partial charge in [0.2, 0.25) is 21.9 Å². The molecule has 3 N–H and O–H groups in total. The first-order chi connectivity index (χ1) is 29.0. The van der Waals surface area contributed by atoms with Crippen LogP contribution in [0.2, 0.25) is 0 Å². The number of allylic oxidation sites excluding steroid dienone is 1. The van der Waals surface area contributed by atoms with Crippen LogP contribution in [0.1, 0.15) is 65.7 Å². The molecule has 8 rings (SSSR count). The molecule has 3 amide bonds. The van der Waals surface area contributed by atoms with Crippen molar-refractivity contribution >= 4 is 56.3 Å². The largest absolute Gasteiger partial charge is 0.493 e. The quantitative estimate of drug-likeness (QED) is 0.0782. The van der Waals surface area contributed by atoms with Crippen LogP contribution in [0.4, 0.5) is 23.0 Å². The van der Waals surface area contributed by atoms with E-state index in [0.29, 0.717) is 42.5 Å². The van der Waals surface area contributed by atoms with Crippen LogP contribution in [0, 0.1) is 0 Å². The van der Waals surface area contributed by atoms with Gasteiger partial charge in [0.15, 0.2) is 0 Å². The third-order valence-electron chi connectivity index (χ3n) is 11.1. The number of imide groups is 1. The molecule has 0 bridgehead atoms. The van der Waals surface area contributed by atoms with Gasteiger partial charge in [-0.1, -0.05) is 44.0 Å². The minimum Gasteiger partial charge on any atom is -0.493 e. The van der Waals surface area contributed by atoms with Crippen molar-refractivity contribution in [2.24, 2.45) is 0 Å². The first kappa shape index (κ1) is 40.5.